The van der Waals surface area contributed by atoms with Crippen LogP contribution in [0.3, 0.4) is 0 Å². The summed E-state index contributed by atoms with van der Waals surface area (Å²) in [6.07, 6.45) is 2.50. The molecule has 2 aromatic carbocycles. The minimum absolute atomic E-state index is 0.213. The zero-order valence-corrected chi connectivity index (χ0v) is 22.7. The quantitative estimate of drug-likeness (QED) is 0.408. The van der Waals surface area contributed by atoms with Gasteiger partial charge in [0.2, 0.25) is 10.0 Å². The van der Waals surface area contributed by atoms with Crippen molar-refractivity contribution in [2.24, 2.45) is 5.92 Å². The highest BCUT2D eigenvalue weighted by molar-refractivity contribution is 7.89. The Morgan fingerprint density at radius 2 is 1.80 bits per heavy atom. The molecule has 1 amide bonds. The number of carbonyl (C=O) groups excluding carboxylic acids is 1. The summed E-state index contributed by atoms with van der Waals surface area (Å²) in [5.41, 5.74) is 1.10. The molecule has 1 saturated heterocycles. The number of halogens is 1. The van der Waals surface area contributed by atoms with Gasteiger partial charge in [-0.1, -0.05) is 35.9 Å². The molecule has 0 radical (unpaired) electrons. The second-order valence-corrected chi connectivity index (χ2v) is 12.7. The van der Waals surface area contributed by atoms with Crippen LogP contribution in [-0.2, 0) is 10.0 Å². The zero-order valence-electron chi connectivity index (χ0n) is 20.3. The average Bonchev–Trinajstić information content (AvgIpc) is 3.27. The van der Waals surface area contributed by atoms with E-state index in [1.54, 1.807) is 27.4 Å². The van der Waals surface area contributed by atoms with Gasteiger partial charge in [0, 0.05) is 25.2 Å². The van der Waals surface area contributed by atoms with Gasteiger partial charge in [-0.3, -0.25) is 9.69 Å². The number of carbonyl (C=O) groups is 1. The van der Waals surface area contributed by atoms with Gasteiger partial charge < -0.3 is 4.90 Å². The van der Waals surface area contributed by atoms with Crippen molar-refractivity contribution in [3.05, 3.63) is 53.1 Å². The molecule has 0 unspecified atom stereocenters. The highest BCUT2D eigenvalue weighted by atomic mass is 35.5. The van der Waals surface area contributed by atoms with Crippen LogP contribution in [0, 0.1) is 5.92 Å². The Balaban J connectivity index is 1.59. The van der Waals surface area contributed by atoms with Crippen LogP contribution in [0.15, 0.2) is 47.4 Å². The first-order valence-electron chi connectivity index (χ1n) is 11.8. The largest absolute Gasteiger partial charge is 0.309 e. The minimum atomic E-state index is -3.57. The monoisotopic (exact) mass is 534 g/mol. The van der Waals surface area contributed by atoms with E-state index in [0.29, 0.717) is 46.8 Å². The molecular weight excluding hydrogens is 504 g/mol. The molecule has 0 spiro atoms. The molecule has 4 rings (SSSR count). The number of thiazole rings is 1. The van der Waals surface area contributed by atoms with Crippen LogP contribution in [0.1, 0.15) is 36.5 Å². The summed E-state index contributed by atoms with van der Waals surface area (Å²) in [6.45, 7) is 4.52. The van der Waals surface area contributed by atoms with Gasteiger partial charge in [-0.2, -0.15) is 4.31 Å². The Labute approximate surface area is 216 Å². The van der Waals surface area contributed by atoms with Crippen LogP contribution in [0.4, 0.5) is 5.13 Å². The van der Waals surface area contributed by atoms with Crippen LogP contribution in [0.25, 0.3) is 10.2 Å². The molecule has 0 atom stereocenters. The Hall–Kier alpha value is -2.04. The van der Waals surface area contributed by atoms with Crippen LogP contribution in [0.5, 0.6) is 0 Å². The van der Waals surface area contributed by atoms with E-state index in [0.717, 1.165) is 30.5 Å². The number of rotatable bonds is 8. The fraction of sp³-hybridized carbons (Fsp3) is 0.440. The Kier molecular flexibility index (Phi) is 8.12. The first-order chi connectivity index (χ1) is 16.7. The van der Waals surface area contributed by atoms with Crippen molar-refractivity contribution in [2.75, 3.05) is 45.2 Å². The van der Waals surface area contributed by atoms with Crippen molar-refractivity contribution in [3.63, 3.8) is 0 Å². The van der Waals surface area contributed by atoms with Gasteiger partial charge in [0.15, 0.2) is 5.13 Å². The lowest BCUT2D eigenvalue weighted by atomic mass is 10.0. The molecule has 7 nitrogen and oxygen atoms in total. The number of sulfonamides is 1. The van der Waals surface area contributed by atoms with Crippen molar-refractivity contribution in [3.8, 4) is 0 Å². The van der Waals surface area contributed by atoms with E-state index in [9.17, 15) is 13.2 Å². The van der Waals surface area contributed by atoms with Crippen LogP contribution in [-0.4, -0.2) is 68.8 Å². The number of fused-ring (bicyclic) bond motifs is 1. The van der Waals surface area contributed by atoms with Gasteiger partial charge in [-0.15, -0.1) is 0 Å². The van der Waals surface area contributed by atoms with Gasteiger partial charge in [0.25, 0.3) is 5.91 Å². The van der Waals surface area contributed by atoms with Crippen molar-refractivity contribution in [1.82, 2.24) is 14.2 Å². The van der Waals surface area contributed by atoms with Crippen LogP contribution in [0.2, 0.25) is 5.02 Å². The zero-order chi connectivity index (χ0) is 25.2. The Bertz CT molecular complexity index is 1280. The minimum Gasteiger partial charge on any atom is -0.309 e. The maximum absolute atomic E-state index is 13.6. The number of benzene rings is 2. The molecule has 0 aliphatic carbocycles. The number of hydrogen-bond acceptors (Lipinski definition) is 6. The van der Waals surface area contributed by atoms with E-state index >= 15 is 0 Å². The van der Waals surface area contributed by atoms with E-state index in [-0.39, 0.29) is 10.8 Å². The lowest BCUT2D eigenvalue weighted by Gasteiger charge is -2.29. The van der Waals surface area contributed by atoms with E-state index < -0.39 is 10.0 Å². The summed E-state index contributed by atoms with van der Waals surface area (Å²) in [6, 6.07) is 11.9. The molecular formula is C25H31ClN4O3S2. The molecule has 1 aliphatic rings. The summed E-state index contributed by atoms with van der Waals surface area (Å²) in [5, 5.41) is 1.13. The van der Waals surface area contributed by atoms with Gasteiger partial charge >= 0.3 is 0 Å². The molecule has 1 fully saturated rings. The predicted molar refractivity (Wildman–Crippen MR) is 143 cm³/mol. The van der Waals surface area contributed by atoms with E-state index in [4.69, 9.17) is 11.6 Å². The van der Waals surface area contributed by atoms with Gasteiger partial charge in [0.05, 0.1) is 14.6 Å². The molecule has 188 valence electrons. The van der Waals surface area contributed by atoms with E-state index in [1.807, 2.05) is 26.2 Å². The third-order valence-electron chi connectivity index (χ3n) is 6.30. The average molecular weight is 535 g/mol. The maximum atomic E-state index is 13.6. The highest BCUT2D eigenvalue weighted by Crippen LogP contribution is 2.33. The number of anilines is 1. The molecule has 2 heterocycles. The second kappa shape index (κ2) is 10.9. The molecule has 3 aromatic rings. The molecule has 35 heavy (non-hydrogen) atoms. The Morgan fingerprint density at radius 3 is 2.43 bits per heavy atom. The smallest absolute Gasteiger partial charge is 0.260 e. The fourth-order valence-electron chi connectivity index (χ4n) is 4.15. The molecule has 0 bridgehead atoms. The fourth-order valence-corrected chi connectivity index (χ4v) is 6.91. The number of hydrogen-bond donors (Lipinski definition) is 0. The molecule has 10 heteroatoms. The van der Waals surface area contributed by atoms with Crippen LogP contribution >= 0.6 is 22.9 Å². The SMILES string of the molecule is CC1CCN(S(=O)(=O)c2ccc(C(=O)N(CCCN(C)C)c3nc4c(Cl)cccc4s3)cc2)CC1. The first kappa shape index (κ1) is 26.0. The van der Waals surface area contributed by atoms with Gasteiger partial charge in [0.1, 0.15) is 5.52 Å². The lowest BCUT2D eigenvalue weighted by molar-refractivity contribution is 0.0986. The first-order valence-corrected chi connectivity index (χ1v) is 14.4. The summed E-state index contributed by atoms with van der Waals surface area (Å²) < 4.78 is 28.6. The number of amides is 1. The lowest BCUT2D eigenvalue weighted by Crippen LogP contribution is -2.38. The summed E-state index contributed by atoms with van der Waals surface area (Å²) in [4.78, 5) is 22.2. The normalized spacial score (nSPS) is 15.7. The molecule has 1 aromatic heterocycles. The second-order valence-electron chi connectivity index (χ2n) is 9.31. The maximum Gasteiger partial charge on any atom is 0.260 e. The third-order valence-corrected chi connectivity index (χ3v) is 9.56. The van der Waals surface area contributed by atoms with Crippen LogP contribution < -0.4 is 4.90 Å². The number of para-hydroxylation sites is 1. The number of nitrogens with zero attached hydrogens (tertiary/aromatic N) is 4. The van der Waals surface area contributed by atoms with E-state index in [2.05, 4.69) is 16.8 Å². The number of piperidine rings is 1. The van der Waals surface area contributed by atoms with Crippen molar-refractivity contribution in [1.29, 1.82) is 0 Å². The molecule has 0 saturated carbocycles. The Morgan fingerprint density at radius 1 is 1.11 bits per heavy atom. The molecule has 1 aliphatic heterocycles. The van der Waals surface area contributed by atoms with Crippen molar-refractivity contribution in [2.45, 2.75) is 31.1 Å². The number of aromatic nitrogens is 1. The molecule has 0 N–H and O–H groups in total. The van der Waals surface area contributed by atoms with Crippen molar-refractivity contribution >= 4 is 54.2 Å². The summed E-state index contributed by atoms with van der Waals surface area (Å²) in [5.74, 6) is 0.326. The van der Waals surface area contributed by atoms with Gasteiger partial charge in [-0.05, 0) is 82.2 Å². The topological polar surface area (TPSA) is 73.8 Å². The predicted octanol–water partition coefficient (Wildman–Crippen LogP) is 4.97. The summed E-state index contributed by atoms with van der Waals surface area (Å²) >= 11 is 7.74. The summed E-state index contributed by atoms with van der Waals surface area (Å²) in [7, 11) is 0.416. The van der Waals surface area contributed by atoms with Gasteiger partial charge in [-0.25, -0.2) is 13.4 Å². The highest BCUT2D eigenvalue weighted by Gasteiger charge is 2.29. The third kappa shape index (κ3) is 5.86. The van der Waals surface area contributed by atoms with E-state index in [1.165, 1.54) is 23.5 Å². The standard InChI is InChI=1S/C25H31ClN4O3S2/c1-18-12-16-29(17-13-18)35(32,33)20-10-8-19(9-11-20)24(31)30(15-5-14-28(2)3)25-27-23-21(26)6-4-7-22(23)34-25/h4,6-11,18H,5,12-17H2,1-3H3. The van der Waals surface area contributed by atoms with Crippen molar-refractivity contribution < 1.29 is 13.2 Å².